The number of benzene rings is 1. The molecule has 1 aromatic heterocycles. The van der Waals surface area contributed by atoms with Gasteiger partial charge in [-0.1, -0.05) is 11.6 Å². The predicted molar refractivity (Wildman–Crippen MR) is 106 cm³/mol. The molecule has 2 aromatic rings. The Labute approximate surface area is 164 Å². The molecule has 0 bridgehead atoms. The van der Waals surface area contributed by atoms with Crippen LogP contribution in [-0.4, -0.2) is 60.0 Å². The van der Waals surface area contributed by atoms with Crippen molar-refractivity contribution in [1.29, 1.82) is 0 Å². The van der Waals surface area contributed by atoms with Gasteiger partial charge >= 0.3 is 0 Å². The van der Waals surface area contributed by atoms with Gasteiger partial charge in [-0.3, -0.25) is 9.67 Å². The molecule has 0 aliphatic carbocycles. The van der Waals surface area contributed by atoms with E-state index in [2.05, 4.69) is 20.3 Å². The number of aromatic nitrogens is 2. The molecule has 0 radical (unpaired) electrons. The molecule has 1 N–H and O–H groups in total. The quantitative estimate of drug-likeness (QED) is 0.626. The van der Waals surface area contributed by atoms with Gasteiger partial charge in [-0.25, -0.2) is 0 Å². The number of halogens is 1. The van der Waals surface area contributed by atoms with Crippen LogP contribution in [0.2, 0.25) is 5.02 Å². The third-order valence-electron chi connectivity index (χ3n) is 4.37. The maximum Gasteiger partial charge on any atom is 0.193 e. The number of aryl methyl sites for hydroxylation is 1. The van der Waals surface area contributed by atoms with E-state index in [-0.39, 0.29) is 12.2 Å². The Kier molecular flexibility index (Phi) is 6.58. The normalized spacial score (nSPS) is 19.0. The Morgan fingerprint density at radius 2 is 2.22 bits per heavy atom. The van der Waals surface area contributed by atoms with Crippen molar-refractivity contribution >= 4 is 17.6 Å². The minimum Gasteiger partial charge on any atom is -0.489 e. The highest BCUT2D eigenvalue weighted by molar-refractivity contribution is 6.30. The van der Waals surface area contributed by atoms with Crippen LogP contribution >= 0.6 is 11.6 Å². The van der Waals surface area contributed by atoms with Crippen molar-refractivity contribution in [2.24, 2.45) is 12.0 Å². The first-order chi connectivity index (χ1) is 13.0. The molecule has 146 valence electrons. The molecule has 1 aliphatic heterocycles. The van der Waals surface area contributed by atoms with Crippen molar-refractivity contribution in [2.75, 3.05) is 33.3 Å². The SMILES string of the molecule is CN=C(NCC(C)Oc1ccc(Cl)cc1)N1CCOC(c2cnn(C)c2)C1. The summed E-state index contributed by atoms with van der Waals surface area (Å²) in [7, 11) is 3.70. The highest BCUT2D eigenvalue weighted by Crippen LogP contribution is 2.21. The molecule has 2 unspecified atom stereocenters. The zero-order chi connectivity index (χ0) is 19.2. The van der Waals surface area contributed by atoms with Crippen LogP contribution in [0.15, 0.2) is 41.7 Å². The molecular formula is C19H26ClN5O2. The van der Waals surface area contributed by atoms with Gasteiger partial charge in [-0.15, -0.1) is 0 Å². The Morgan fingerprint density at radius 1 is 1.44 bits per heavy atom. The minimum atomic E-state index is -0.0157. The zero-order valence-electron chi connectivity index (χ0n) is 15.9. The molecule has 0 saturated carbocycles. The number of aliphatic imine (C=N–C) groups is 1. The summed E-state index contributed by atoms with van der Waals surface area (Å²) in [5, 5.41) is 8.33. The topological polar surface area (TPSA) is 63.9 Å². The number of hydrogen-bond acceptors (Lipinski definition) is 4. The number of rotatable bonds is 5. The van der Waals surface area contributed by atoms with Crippen LogP contribution in [0.1, 0.15) is 18.6 Å². The van der Waals surface area contributed by atoms with Gasteiger partial charge in [0.25, 0.3) is 0 Å². The van der Waals surface area contributed by atoms with Crippen molar-refractivity contribution in [3.63, 3.8) is 0 Å². The van der Waals surface area contributed by atoms with Crippen LogP contribution in [0.5, 0.6) is 5.75 Å². The van der Waals surface area contributed by atoms with Crippen LogP contribution in [0.25, 0.3) is 0 Å². The molecule has 1 aliphatic rings. The average Bonchev–Trinajstić information content (AvgIpc) is 3.11. The summed E-state index contributed by atoms with van der Waals surface area (Å²) >= 11 is 5.91. The van der Waals surface area contributed by atoms with E-state index in [4.69, 9.17) is 21.1 Å². The first-order valence-electron chi connectivity index (χ1n) is 9.03. The van der Waals surface area contributed by atoms with Crippen LogP contribution in [0.3, 0.4) is 0 Å². The molecule has 1 saturated heterocycles. The maximum absolute atomic E-state index is 5.91. The number of nitrogens with zero attached hydrogens (tertiary/aromatic N) is 4. The van der Waals surface area contributed by atoms with E-state index in [1.165, 1.54) is 0 Å². The monoisotopic (exact) mass is 391 g/mol. The van der Waals surface area contributed by atoms with Crippen LogP contribution in [-0.2, 0) is 11.8 Å². The second kappa shape index (κ2) is 9.10. The average molecular weight is 392 g/mol. The van der Waals surface area contributed by atoms with E-state index >= 15 is 0 Å². The highest BCUT2D eigenvalue weighted by atomic mass is 35.5. The molecule has 1 fully saturated rings. The Balaban J connectivity index is 1.52. The molecule has 27 heavy (non-hydrogen) atoms. The third-order valence-corrected chi connectivity index (χ3v) is 4.62. The molecule has 8 heteroatoms. The summed E-state index contributed by atoms with van der Waals surface area (Å²) < 4.78 is 13.6. The summed E-state index contributed by atoms with van der Waals surface area (Å²) in [5.41, 5.74) is 1.08. The fourth-order valence-corrected chi connectivity index (χ4v) is 3.13. The molecule has 2 atom stereocenters. The minimum absolute atomic E-state index is 0.00580. The summed E-state index contributed by atoms with van der Waals surface area (Å²) in [6.45, 7) is 4.84. The maximum atomic E-state index is 5.91. The summed E-state index contributed by atoms with van der Waals surface area (Å²) in [6.07, 6.45) is 3.82. The van der Waals surface area contributed by atoms with E-state index in [1.54, 1.807) is 11.7 Å². The largest absolute Gasteiger partial charge is 0.489 e. The van der Waals surface area contributed by atoms with Gasteiger partial charge < -0.3 is 19.7 Å². The lowest BCUT2D eigenvalue weighted by atomic mass is 10.1. The van der Waals surface area contributed by atoms with Crippen molar-refractivity contribution in [3.05, 3.63) is 47.2 Å². The first kappa shape index (κ1) is 19.5. The van der Waals surface area contributed by atoms with Gasteiger partial charge in [0.1, 0.15) is 18.0 Å². The van der Waals surface area contributed by atoms with Gasteiger partial charge in [0, 0.05) is 37.4 Å². The number of guanidine groups is 1. The van der Waals surface area contributed by atoms with E-state index in [0.717, 1.165) is 30.4 Å². The van der Waals surface area contributed by atoms with E-state index in [1.807, 2.05) is 50.6 Å². The summed E-state index contributed by atoms with van der Waals surface area (Å²) in [5.74, 6) is 1.64. The molecule has 3 rings (SSSR count). The van der Waals surface area contributed by atoms with Gasteiger partial charge in [-0.2, -0.15) is 5.10 Å². The van der Waals surface area contributed by atoms with E-state index in [0.29, 0.717) is 18.2 Å². The zero-order valence-corrected chi connectivity index (χ0v) is 16.7. The number of morpholine rings is 1. The Morgan fingerprint density at radius 3 is 2.89 bits per heavy atom. The molecule has 2 heterocycles. The predicted octanol–water partition coefficient (Wildman–Crippen LogP) is 2.49. The number of nitrogens with one attached hydrogen (secondary N) is 1. The van der Waals surface area contributed by atoms with E-state index in [9.17, 15) is 0 Å². The molecule has 1 aromatic carbocycles. The van der Waals surface area contributed by atoms with Crippen molar-refractivity contribution in [2.45, 2.75) is 19.1 Å². The summed E-state index contributed by atoms with van der Waals surface area (Å²) in [4.78, 5) is 6.62. The molecule has 0 spiro atoms. The first-order valence-corrected chi connectivity index (χ1v) is 9.41. The lowest BCUT2D eigenvalue weighted by Crippen LogP contribution is -2.49. The van der Waals surface area contributed by atoms with Gasteiger partial charge in [0.05, 0.1) is 25.9 Å². The fraction of sp³-hybridized carbons (Fsp3) is 0.474. The molecule has 0 amide bonds. The van der Waals surface area contributed by atoms with E-state index < -0.39 is 0 Å². The van der Waals surface area contributed by atoms with Crippen molar-refractivity contribution < 1.29 is 9.47 Å². The lowest BCUT2D eigenvalue weighted by Gasteiger charge is -2.35. The van der Waals surface area contributed by atoms with Gasteiger partial charge in [-0.05, 0) is 31.2 Å². The smallest absolute Gasteiger partial charge is 0.193 e. The van der Waals surface area contributed by atoms with Gasteiger partial charge in [0.15, 0.2) is 5.96 Å². The Bertz CT molecular complexity index is 762. The number of hydrogen-bond donors (Lipinski definition) is 1. The summed E-state index contributed by atoms with van der Waals surface area (Å²) in [6, 6.07) is 7.38. The van der Waals surface area contributed by atoms with Gasteiger partial charge in [0.2, 0.25) is 0 Å². The fourth-order valence-electron chi connectivity index (χ4n) is 3.00. The lowest BCUT2D eigenvalue weighted by molar-refractivity contribution is -0.00814. The second-order valence-electron chi connectivity index (χ2n) is 6.56. The van der Waals surface area contributed by atoms with Crippen molar-refractivity contribution in [1.82, 2.24) is 20.0 Å². The molecular weight excluding hydrogens is 366 g/mol. The second-order valence-corrected chi connectivity index (χ2v) is 7.00. The van der Waals surface area contributed by atoms with Crippen molar-refractivity contribution in [3.8, 4) is 5.75 Å². The highest BCUT2D eigenvalue weighted by Gasteiger charge is 2.25. The standard InChI is InChI=1S/C19H26ClN5O2/c1-14(27-17-6-4-16(20)5-7-17)10-22-19(21-2)25-8-9-26-18(13-25)15-11-23-24(3)12-15/h4-7,11-12,14,18H,8-10,13H2,1-3H3,(H,21,22). The third kappa shape index (κ3) is 5.37. The van der Waals surface area contributed by atoms with Crippen LogP contribution in [0, 0.1) is 0 Å². The molecule has 7 nitrogen and oxygen atoms in total. The number of ether oxygens (including phenoxy) is 2. The Hall–Kier alpha value is -2.25. The van der Waals surface area contributed by atoms with Crippen LogP contribution < -0.4 is 10.1 Å². The van der Waals surface area contributed by atoms with Crippen LogP contribution in [0.4, 0.5) is 0 Å².